The molecular weight excluding hydrogens is 360 g/mol. The van der Waals surface area contributed by atoms with Crippen LogP contribution in [0, 0.1) is 26.7 Å². The zero-order chi connectivity index (χ0) is 19.8. The number of anilines is 1. The Hall–Kier alpha value is -3.36. The van der Waals surface area contributed by atoms with Gasteiger partial charge in [-0.25, -0.2) is 14.6 Å². The topological polar surface area (TPSA) is 114 Å². The molecule has 0 atom stereocenters. The van der Waals surface area contributed by atoms with Gasteiger partial charge in [0.25, 0.3) is 0 Å². The lowest BCUT2D eigenvalue weighted by Crippen LogP contribution is -2.54. The fourth-order valence-electron chi connectivity index (χ4n) is 3.07. The van der Waals surface area contributed by atoms with Crippen LogP contribution < -0.4 is 5.32 Å². The highest BCUT2D eigenvalue weighted by atomic mass is 16.6. The van der Waals surface area contributed by atoms with Crippen LogP contribution in [0.25, 0.3) is 11.0 Å². The van der Waals surface area contributed by atoms with Crippen molar-refractivity contribution in [2.45, 2.75) is 27.2 Å². The van der Waals surface area contributed by atoms with Gasteiger partial charge >= 0.3 is 0 Å². The molecule has 3 aromatic rings. The molecule has 1 aromatic carbocycles. The molecule has 1 saturated heterocycles. The third-order valence-corrected chi connectivity index (χ3v) is 5.01. The molecule has 9 nitrogen and oxygen atoms in total. The maximum Gasteiger partial charge on any atom is 0.231 e. The molecule has 2 amide bonds. The highest BCUT2D eigenvalue weighted by Crippen LogP contribution is 2.22. The van der Waals surface area contributed by atoms with Crippen molar-refractivity contribution in [1.82, 2.24) is 25.2 Å². The van der Waals surface area contributed by atoms with Gasteiger partial charge in [-0.05, 0) is 39.0 Å². The molecule has 1 fully saturated rings. The molecule has 1 aliphatic heterocycles. The van der Waals surface area contributed by atoms with Gasteiger partial charge in [-0.15, -0.1) is 0 Å². The molecule has 0 unspecified atom stereocenters. The summed E-state index contributed by atoms with van der Waals surface area (Å²) < 4.78 is 4.60. The minimum atomic E-state index is -0.234. The Morgan fingerprint density at radius 1 is 1.07 bits per heavy atom. The molecule has 1 aliphatic rings. The van der Waals surface area contributed by atoms with E-state index in [0.29, 0.717) is 30.2 Å². The Kier molecular flexibility index (Phi) is 4.50. The minimum absolute atomic E-state index is 0.0883. The van der Waals surface area contributed by atoms with Crippen molar-refractivity contribution in [2.24, 2.45) is 5.92 Å². The Labute approximate surface area is 161 Å². The molecule has 0 spiro atoms. The minimum Gasteiger partial charge on any atom is -0.341 e. The smallest absolute Gasteiger partial charge is 0.231 e. The SMILES string of the molecule is Cc1nc2ccc(NC(=O)C3CN(C(=O)Cc4nonc4C)C3)cc2nc1C. The van der Waals surface area contributed by atoms with Crippen LogP contribution in [0.1, 0.15) is 22.8 Å². The Morgan fingerprint density at radius 2 is 1.79 bits per heavy atom. The molecular formula is C19H20N6O3. The van der Waals surface area contributed by atoms with E-state index in [4.69, 9.17) is 0 Å². The molecule has 9 heteroatoms. The summed E-state index contributed by atoms with van der Waals surface area (Å²) in [5.74, 6) is -0.434. The quantitative estimate of drug-likeness (QED) is 0.731. The van der Waals surface area contributed by atoms with Crippen LogP contribution in [-0.2, 0) is 16.0 Å². The number of fused-ring (bicyclic) bond motifs is 1. The number of nitrogens with zero attached hydrogens (tertiary/aromatic N) is 5. The molecule has 144 valence electrons. The van der Waals surface area contributed by atoms with Crippen molar-refractivity contribution < 1.29 is 14.2 Å². The average molecular weight is 380 g/mol. The van der Waals surface area contributed by atoms with Crippen LogP contribution in [0.3, 0.4) is 0 Å². The van der Waals surface area contributed by atoms with Crippen LogP contribution in [0.15, 0.2) is 22.8 Å². The number of benzene rings is 1. The first kappa shape index (κ1) is 18.0. The van der Waals surface area contributed by atoms with E-state index in [1.165, 1.54) is 0 Å². The molecule has 4 rings (SSSR count). The maximum atomic E-state index is 12.5. The predicted molar refractivity (Wildman–Crippen MR) is 100 cm³/mol. The summed E-state index contributed by atoms with van der Waals surface area (Å²) in [6, 6.07) is 5.47. The van der Waals surface area contributed by atoms with Gasteiger partial charge in [0.2, 0.25) is 11.8 Å². The van der Waals surface area contributed by atoms with E-state index in [-0.39, 0.29) is 24.2 Å². The van der Waals surface area contributed by atoms with Crippen LogP contribution in [0.2, 0.25) is 0 Å². The first-order valence-corrected chi connectivity index (χ1v) is 9.02. The molecule has 0 aliphatic carbocycles. The number of amides is 2. The van der Waals surface area contributed by atoms with E-state index < -0.39 is 0 Å². The normalized spacial score (nSPS) is 14.2. The number of likely N-dealkylation sites (tertiary alicyclic amines) is 1. The highest BCUT2D eigenvalue weighted by molar-refractivity contribution is 5.96. The maximum absolute atomic E-state index is 12.5. The van der Waals surface area contributed by atoms with E-state index in [1.807, 2.05) is 32.0 Å². The van der Waals surface area contributed by atoms with E-state index in [1.54, 1.807) is 11.8 Å². The number of aryl methyl sites for hydroxylation is 3. The lowest BCUT2D eigenvalue weighted by atomic mass is 9.98. The predicted octanol–water partition coefficient (Wildman–Crippen LogP) is 1.58. The van der Waals surface area contributed by atoms with Gasteiger partial charge in [-0.1, -0.05) is 10.3 Å². The zero-order valence-corrected chi connectivity index (χ0v) is 15.9. The summed E-state index contributed by atoms with van der Waals surface area (Å²) in [5, 5.41) is 10.3. The van der Waals surface area contributed by atoms with Crippen molar-refractivity contribution in [3.8, 4) is 0 Å². The standard InChI is InChI=1S/C19H20N6O3/c1-10-11(2)21-17-6-14(4-5-15(17)20-10)22-19(27)13-8-25(9-13)18(26)7-16-12(3)23-28-24-16/h4-6,13H,7-9H2,1-3H3,(H,22,27). The van der Waals surface area contributed by atoms with Crippen LogP contribution >= 0.6 is 0 Å². The molecule has 0 radical (unpaired) electrons. The number of hydrogen-bond donors (Lipinski definition) is 1. The van der Waals surface area contributed by atoms with Crippen LogP contribution in [0.4, 0.5) is 5.69 Å². The first-order chi connectivity index (χ1) is 13.4. The lowest BCUT2D eigenvalue weighted by Gasteiger charge is -2.38. The average Bonchev–Trinajstić information content (AvgIpc) is 2.99. The summed E-state index contributed by atoms with van der Waals surface area (Å²) in [4.78, 5) is 35.4. The Morgan fingerprint density at radius 3 is 2.46 bits per heavy atom. The van der Waals surface area contributed by atoms with Gasteiger partial charge in [0, 0.05) is 18.8 Å². The van der Waals surface area contributed by atoms with Crippen molar-refractivity contribution in [3.05, 3.63) is 41.0 Å². The van der Waals surface area contributed by atoms with Crippen molar-refractivity contribution in [2.75, 3.05) is 18.4 Å². The van der Waals surface area contributed by atoms with Crippen LogP contribution in [0.5, 0.6) is 0 Å². The van der Waals surface area contributed by atoms with Crippen molar-refractivity contribution in [3.63, 3.8) is 0 Å². The largest absolute Gasteiger partial charge is 0.341 e. The highest BCUT2D eigenvalue weighted by Gasteiger charge is 2.36. The van der Waals surface area contributed by atoms with E-state index in [0.717, 1.165) is 22.4 Å². The third kappa shape index (κ3) is 3.42. The summed E-state index contributed by atoms with van der Waals surface area (Å²) in [7, 11) is 0. The number of aromatic nitrogens is 4. The second kappa shape index (κ2) is 6.99. The monoisotopic (exact) mass is 380 g/mol. The van der Waals surface area contributed by atoms with Crippen LogP contribution in [-0.4, -0.2) is 50.1 Å². The number of nitrogens with one attached hydrogen (secondary N) is 1. The molecule has 28 heavy (non-hydrogen) atoms. The molecule has 2 aromatic heterocycles. The summed E-state index contributed by atoms with van der Waals surface area (Å²) in [5.41, 5.74) is 5.08. The fourth-order valence-corrected chi connectivity index (χ4v) is 3.07. The fraction of sp³-hybridized carbons (Fsp3) is 0.368. The van der Waals surface area contributed by atoms with Gasteiger partial charge < -0.3 is 10.2 Å². The second-order valence-corrected chi connectivity index (χ2v) is 7.06. The summed E-state index contributed by atoms with van der Waals surface area (Å²) in [6.07, 6.45) is 0.131. The van der Waals surface area contributed by atoms with Gasteiger partial charge in [0.05, 0.1) is 34.8 Å². The van der Waals surface area contributed by atoms with E-state index >= 15 is 0 Å². The van der Waals surface area contributed by atoms with E-state index in [9.17, 15) is 9.59 Å². The Balaban J connectivity index is 1.35. The number of rotatable bonds is 4. The van der Waals surface area contributed by atoms with E-state index in [2.05, 4.69) is 30.2 Å². The number of carbonyl (C=O) groups excluding carboxylic acids is 2. The number of carbonyl (C=O) groups is 2. The van der Waals surface area contributed by atoms with Crippen molar-refractivity contribution in [1.29, 1.82) is 0 Å². The number of hydrogen-bond acceptors (Lipinski definition) is 7. The van der Waals surface area contributed by atoms with Gasteiger partial charge in [-0.2, -0.15) is 0 Å². The van der Waals surface area contributed by atoms with Gasteiger partial charge in [0.1, 0.15) is 11.4 Å². The Bertz CT molecular complexity index is 1070. The van der Waals surface area contributed by atoms with Gasteiger partial charge in [-0.3, -0.25) is 9.59 Å². The second-order valence-electron chi connectivity index (χ2n) is 7.06. The van der Waals surface area contributed by atoms with Crippen molar-refractivity contribution >= 4 is 28.5 Å². The zero-order valence-electron chi connectivity index (χ0n) is 15.9. The summed E-state index contributed by atoms with van der Waals surface area (Å²) in [6.45, 7) is 6.34. The lowest BCUT2D eigenvalue weighted by molar-refractivity contribution is -0.140. The molecule has 3 heterocycles. The molecule has 1 N–H and O–H groups in total. The molecule has 0 bridgehead atoms. The first-order valence-electron chi connectivity index (χ1n) is 9.02. The molecule has 0 saturated carbocycles. The third-order valence-electron chi connectivity index (χ3n) is 5.01. The van der Waals surface area contributed by atoms with Gasteiger partial charge in [0.15, 0.2) is 0 Å². The summed E-state index contributed by atoms with van der Waals surface area (Å²) >= 11 is 0.